The van der Waals surface area contributed by atoms with Crippen molar-refractivity contribution in [2.75, 3.05) is 7.11 Å². The van der Waals surface area contributed by atoms with Crippen LogP contribution in [0.4, 0.5) is 0 Å². The molecule has 0 radical (unpaired) electrons. The molecule has 20 heavy (non-hydrogen) atoms. The summed E-state index contributed by atoms with van der Waals surface area (Å²) in [6, 6.07) is 7.55. The lowest BCUT2D eigenvalue weighted by molar-refractivity contribution is -0.109. The fourth-order valence-corrected chi connectivity index (χ4v) is 3.15. The molecule has 1 atom stereocenters. The molecular weight excluding hydrogens is 271 g/mol. The summed E-state index contributed by atoms with van der Waals surface area (Å²) >= 11 is 0. The minimum Gasteiger partial charge on any atom is -0.497 e. The van der Waals surface area contributed by atoms with Crippen molar-refractivity contribution in [3.8, 4) is 5.75 Å². The Balaban J connectivity index is 2.37. The summed E-state index contributed by atoms with van der Waals surface area (Å²) < 4.78 is 5.12. The van der Waals surface area contributed by atoms with E-state index in [9.17, 15) is 9.90 Å². The normalized spacial score (nSPS) is 22.1. The summed E-state index contributed by atoms with van der Waals surface area (Å²) in [5, 5.41) is 10.3. The summed E-state index contributed by atoms with van der Waals surface area (Å²) in [5.74, 6) is 2.56. The molecule has 0 aromatic heterocycles. The van der Waals surface area contributed by atoms with Crippen LogP contribution in [0.5, 0.6) is 5.75 Å². The van der Waals surface area contributed by atoms with Crippen molar-refractivity contribution < 1.29 is 14.6 Å². The van der Waals surface area contributed by atoms with Crippen LogP contribution >= 0.6 is 8.20 Å². The summed E-state index contributed by atoms with van der Waals surface area (Å²) in [7, 11) is 2.33. The predicted octanol–water partition coefficient (Wildman–Crippen LogP) is 3.14. The third kappa shape index (κ3) is 3.36. The molecule has 0 saturated carbocycles. The lowest BCUT2D eigenvalue weighted by Gasteiger charge is -2.31. The highest BCUT2D eigenvalue weighted by Crippen LogP contribution is 2.35. The molecule has 1 aliphatic heterocycles. The number of ether oxygens (including phenoxy) is 1. The molecular formula is C16H19O3P. The van der Waals surface area contributed by atoms with Crippen LogP contribution in [-0.2, 0) is 4.79 Å². The lowest BCUT2D eigenvalue weighted by atomic mass is 9.82. The Morgan fingerprint density at radius 1 is 1.35 bits per heavy atom. The maximum absolute atomic E-state index is 12.1. The molecule has 1 aromatic rings. The van der Waals surface area contributed by atoms with Crippen molar-refractivity contribution in [3.63, 3.8) is 0 Å². The van der Waals surface area contributed by atoms with Crippen molar-refractivity contribution in [2.45, 2.75) is 25.9 Å². The molecule has 0 saturated heterocycles. The van der Waals surface area contributed by atoms with Gasteiger partial charge in [-0.25, -0.2) is 0 Å². The second-order valence-corrected chi connectivity index (χ2v) is 6.46. The fraction of sp³-hybridized carbons (Fsp3) is 0.375. The maximum Gasteiger partial charge on any atom is 0.207 e. The minimum atomic E-state index is -0.902. The number of carbonyl (C=O) groups is 1. The zero-order valence-electron chi connectivity index (χ0n) is 12.0. The Hall–Kier alpha value is -1.44. The monoisotopic (exact) mass is 290 g/mol. The number of carbonyl (C=O) groups excluding carboxylic acids is 1. The first-order valence-corrected chi connectivity index (χ1v) is 7.53. The van der Waals surface area contributed by atoms with E-state index >= 15 is 0 Å². The number of aliphatic hydroxyl groups is 1. The van der Waals surface area contributed by atoms with Gasteiger partial charge in [-0.15, -0.1) is 0 Å². The second kappa shape index (κ2) is 5.90. The molecule has 1 aliphatic rings. The van der Waals surface area contributed by atoms with Gasteiger partial charge in [0.1, 0.15) is 5.75 Å². The molecule has 106 valence electrons. The van der Waals surface area contributed by atoms with Gasteiger partial charge >= 0.3 is 0 Å². The van der Waals surface area contributed by atoms with Crippen LogP contribution in [0.1, 0.15) is 25.8 Å². The van der Waals surface area contributed by atoms with E-state index in [0.29, 0.717) is 13.8 Å². The van der Waals surface area contributed by atoms with Crippen molar-refractivity contribution >= 4 is 25.6 Å². The Labute approximate surface area is 121 Å². The molecule has 2 rings (SSSR count). The van der Waals surface area contributed by atoms with E-state index in [-0.39, 0.29) is 11.4 Å². The first-order valence-electron chi connectivity index (χ1n) is 6.56. The van der Waals surface area contributed by atoms with Crippen LogP contribution < -0.4 is 4.74 Å². The van der Waals surface area contributed by atoms with E-state index in [1.807, 2.05) is 36.1 Å². The molecule has 0 fully saturated rings. The van der Waals surface area contributed by atoms with Gasteiger partial charge in [-0.1, -0.05) is 17.9 Å². The van der Waals surface area contributed by atoms with E-state index in [0.717, 1.165) is 17.7 Å². The van der Waals surface area contributed by atoms with Crippen LogP contribution in [0.3, 0.4) is 0 Å². The van der Waals surface area contributed by atoms with E-state index in [1.165, 1.54) is 0 Å². The SMILES string of the molecule is COc1ccc(/C=C2/C(=O)P=CCC2C(C)(C)O)cc1. The summed E-state index contributed by atoms with van der Waals surface area (Å²) in [5.41, 5.74) is 0.812. The number of hydrogen-bond acceptors (Lipinski definition) is 3. The zero-order valence-corrected chi connectivity index (χ0v) is 12.9. The third-order valence-electron chi connectivity index (χ3n) is 3.46. The Kier molecular flexibility index (Phi) is 4.42. The zero-order chi connectivity index (χ0) is 14.8. The number of methoxy groups -OCH3 is 1. The number of rotatable bonds is 3. The van der Waals surface area contributed by atoms with Crippen LogP contribution in [0, 0.1) is 5.92 Å². The van der Waals surface area contributed by atoms with Crippen LogP contribution in [0.2, 0.25) is 0 Å². The minimum absolute atomic E-state index is 0.0687. The van der Waals surface area contributed by atoms with E-state index in [4.69, 9.17) is 4.74 Å². The molecule has 1 unspecified atom stereocenters. The molecule has 0 aliphatic carbocycles. The molecule has 0 bridgehead atoms. The number of hydrogen-bond donors (Lipinski definition) is 1. The Morgan fingerprint density at radius 3 is 2.55 bits per heavy atom. The highest BCUT2D eigenvalue weighted by molar-refractivity contribution is 7.58. The fourth-order valence-electron chi connectivity index (χ4n) is 2.30. The van der Waals surface area contributed by atoms with Gasteiger partial charge in [0, 0.05) is 11.5 Å². The van der Waals surface area contributed by atoms with Gasteiger partial charge < -0.3 is 9.84 Å². The van der Waals surface area contributed by atoms with Gasteiger partial charge in [0.2, 0.25) is 5.52 Å². The molecule has 3 nitrogen and oxygen atoms in total. The van der Waals surface area contributed by atoms with Crippen molar-refractivity contribution in [1.82, 2.24) is 0 Å². The first-order chi connectivity index (χ1) is 9.41. The van der Waals surface area contributed by atoms with E-state index in [2.05, 4.69) is 0 Å². The molecule has 0 spiro atoms. The molecule has 4 heteroatoms. The third-order valence-corrected chi connectivity index (χ3v) is 4.35. The summed E-state index contributed by atoms with van der Waals surface area (Å²) in [6.07, 6.45) is 2.60. The van der Waals surface area contributed by atoms with Gasteiger partial charge in [0.05, 0.1) is 12.7 Å². The van der Waals surface area contributed by atoms with Gasteiger partial charge in [0.15, 0.2) is 0 Å². The van der Waals surface area contributed by atoms with Gasteiger partial charge in [-0.2, -0.15) is 0 Å². The molecule has 1 aromatic carbocycles. The summed E-state index contributed by atoms with van der Waals surface area (Å²) in [4.78, 5) is 12.1. The van der Waals surface area contributed by atoms with Crippen molar-refractivity contribution in [1.29, 1.82) is 0 Å². The molecule has 1 N–H and O–H groups in total. The van der Waals surface area contributed by atoms with Crippen LogP contribution in [0.25, 0.3) is 6.08 Å². The quantitative estimate of drug-likeness (QED) is 0.687. The molecule has 1 heterocycles. The standard InChI is InChI=1S/C16H19O3P/c1-16(2,18)14-8-9-20-15(17)13(14)10-11-4-6-12(19-3)7-5-11/h4-7,9-10,14,18H,8H2,1-3H3/b13-10+. The van der Waals surface area contributed by atoms with Crippen LogP contribution in [0.15, 0.2) is 29.8 Å². The first kappa shape index (κ1) is 15.0. The van der Waals surface area contributed by atoms with Crippen LogP contribution in [-0.4, -0.2) is 29.1 Å². The van der Waals surface area contributed by atoms with E-state index in [1.54, 1.807) is 21.0 Å². The predicted molar refractivity (Wildman–Crippen MR) is 83.4 cm³/mol. The summed E-state index contributed by atoms with van der Waals surface area (Å²) in [6.45, 7) is 3.51. The van der Waals surface area contributed by atoms with E-state index < -0.39 is 5.60 Å². The Bertz CT molecular complexity index is 550. The number of benzene rings is 1. The Morgan fingerprint density at radius 2 is 2.00 bits per heavy atom. The topological polar surface area (TPSA) is 46.5 Å². The average Bonchev–Trinajstić information content (AvgIpc) is 2.40. The highest BCUT2D eigenvalue weighted by atomic mass is 31.1. The second-order valence-electron chi connectivity index (χ2n) is 5.43. The van der Waals surface area contributed by atoms with Gasteiger partial charge in [-0.05, 0) is 52.2 Å². The van der Waals surface area contributed by atoms with Crippen molar-refractivity contribution in [2.24, 2.45) is 5.92 Å². The lowest BCUT2D eigenvalue weighted by Crippen LogP contribution is -2.35. The maximum atomic E-state index is 12.1. The van der Waals surface area contributed by atoms with Gasteiger partial charge in [-0.3, -0.25) is 4.79 Å². The van der Waals surface area contributed by atoms with Gasteiger partial charge in [0.25, 0.3) is 0 Å². The average molecular weight is 290 g/mol. The smallest absolute Gasteiger partial charge is 0.207 e. The molecule has 0 amide bonds. The largest absolute Gasteiger partial charge is 0.497 e. The van der Waals surface area contributed by atoms with Crippen molar-refractivity contribution in [3.05, 3.63) is 35.4 Å². The highest BCUT2D eigenvalue weighted by Gasteiger charge is 2.34.